The fraction of sp³-hybridized carbons (Fsp3) is 0.562. The third kappa shape index (κ3) is 3.29. The van der Waals surface area contributed by atoms with Gasteiger partial charge in [-0.3, -0.25) is 4.79 Å². The lowest BCUT2D eigenvalue weighted by atomic mass is 10.00. The molecule has 2 saturated heterocycles. The first-order chi connectivity index (χ1) is 10.5. The normalized spacial score (nSPS) is 26.4. The second kappa shape index (κ2) is 6.56. The van der Waals surface area contributed by atoms with Gasteiger partial charge in [0.25, 0.3) is 0 Å². The van der Waals surface area contributed by atoms with Crippen molar-refractivity contribution in [3.8, 4) is 0 Å². The predicted molar refractivity (Wildman–Crippen MR) is 90.3 cm³/mol. The molecule has 0 aromatic heterocycles. The highest BCUT2D eigenvalue weighted by atomic mass is 79.9. The van der Waals surface area contributed by atoms with E-state index in [1.807, 2.05) is 0 Å². The third-order valence-corrected chi connectivity index (χ3v) is 5.33. The molecule has 0 bridgehead atoms. The van der Waals surface area contributed by atoms with E-state index in [1.54, 1.807) is 0 Å². The molecule has 120 valence electrons. The number of nitrogens with zero attached hydrogens (tertiary/aromatic N) is 2. The summed E-state index contributed by atoms with van der Waals surface area (Å²) in [6.07, 6.45) is 0.662. The lowest BCUT2D eigenvalue weighted by Crippen LogP contribution is -2.44. The quantitative estimate of drug-likeness (QED) is 0.854. The number of aliphatic carboxylic acids is 1. The number of anilines is 1. The smallest absolute Gasteiger partial charge is 0.307 e. The molecule has 0 radical (unpaired) electrons. The average Bonchev–Trinajstić information content (AvgIpc) is 2.98. The van der Waals surface area contributed by atoms with E-state index in [-0.39, 0.29) is 12.0 Å². The maximum atomic E-state index is 11.1. The summed E-state index contributed by atoms with van der Waals surface area (Å²) < 4.78 is 1.09. The van der Waals surface area contributed by atoms with Crippen LogP contribution in [0.1, 0.15) is 18.0 Å². The molecule has 22 heavy (non-hydrogen) atoms. The van der Waals surface area contributed by atoms with Crippen LogP contribution in [-0.4, -0.2) is 55.7 Å². The number of nitrogens with one attached hydrogen (secondary N) is 1. The zero-order chi connectivity index (χ0) is 15.7. The van der Waals surface area contributed by atoms with Crippen molar-refractivity contribution in [3.05, 3.63) is 28.2 Å². The molecule has 5 nitrogen and oxygen atoms in total. The largest absolute Gasteiger partial charge is 0.481 e. The van der Waals surface area contributed by atoms with Crippen molar-refractivity contribution in [2.75, 3.05) is 44.7 Å². The lowest BCUT2D eigenvalue weighted by Gasteiger charge is -2.34. The molecule has 0 saturated carbocycles. The Labute approximate surface area is 139 Å². The van der Waals surface area contributed by atoms with Gasteiger partial charge in [-0.15, -0.1) is 0 Å². The van der Waals surface area contributed by atoms with E-state index < -0.39 is 5.97 Å². The molecule has 2 N–H and O–H groups in total. The Kier molecular flexibility index (Phi) is 4.70. The Balaban J connectivity index is 1.71. The highest BCUT2D eigenvalue weighted by Crippen LogP contribution is 2.33. The van der Waals surface area contributed by atoms with Gasteiger partial charge in [-0.05, 0) is 47.1 Å². The molecule has 0 amide bonds. The predicted octanol–water partition coefficient (Wildman–Crippen LogP) is 1.94. The maximum absolute atomic E-state index is 11.1. The van der Waals surface area contributed by atoms with Crippen LogP contribution in [0.15, 0.2) is 22.7 Å². The van der Waals surface area contributed by atoms with E-state index in [0.29, 0.717) is 13.0 Å². The lowest BCUT2D eigenvalue weighted by molar-refractivity contribution is -0.141. The van der Waals surface area contributed by atoms with Crippen LogP contribution in [-0.2, 0) is 4.79 Å². The molecular formula is C16H22BrN3O2. The van der Waals surface area contributed by atoms with Crippen LogP contribution in [0.5, 0.6) is 0 Å². The molecule has 3 rings (SSSR count). The molecule has 2 heterocycles. The minimum Gasteiger partial charge on any atom is -0.481 e. The van der Waals surface area contributed by atoms with E-state index in [0.717, 1.165) is 36.2 Å². The first kappa shape index (κ1) is 15.8. The number of carboxylic acid groups (broad SMARTS) is 1. The van der Waals surface area contributed by atoms with Crippen LogP contribution in [0.2, 0.25) is 0 Å². The second-order valence-corrected chi connectivity index (χ2v) is 7.09. The minimum absolute atomic E-state index is 0.138. The van der Waals surface area contributed by atoms with E-state index in [4.69, 9.17) is 5.11 Å². The van der Waals surface area contributed by atoms with Crippen LogP contribution in [0.25, 0.3) is 0 Å². The molecular weight excluding hydrogens is 346 g/mol. The van der Waals surface area contributed by atoms with Crippen LogP contribution >= 0.6 is 15.9 Å². The van der Waals surface area contributed by atoms with E-state index >= 15 is 0 Å². The Morgan fingerprint density at radius 2 is 2.05 bits per heavy atom. The molecule has 6 heteroatoms. The topological polar surface area (TPSA) is 55.8 Å². The molecule has 0 spiro atoms. The van der Waals surface area contributed by atoms with Gasteiger partial charge in [0.1, 0.15) is 0 Å². The number of piperazine rings is 1. The summed E-state index contributed by atoms with van der Waals surface area (Å²) in [5.74, 6) is -0.982. The number of halogens is 1. The number of benzene rings is 1. The highest BCUT2D eigenvalue weighted by Gasteiger charge is 2.30. The van der Waals surface area contributed by atoms with E-state index in [2.05, 4.69) is 56.3 Å². The molecule has 2 atom stereocenters. The Morgan fingerprint density at radius 3 is 2.64 bits per heavy atom. The summed E-state index contributed by atoms with van der Waals surface area (Å²) in [6, 6.07) is 6.55. The number of hydrogen-bond acceptors (Lipinski definition) is 4. The Hall–Kier alpha value is -1.11. The monoisotopic (exact) mass is 367 g/mol. The maximum Gasteiger partial charge on any atom is 0.307 e. The van der Waals surface area contributed by atoms with Crippen molar-refractivity contribution in [2.45, 2.75) is 12.5 Å². The molecule has 2 aliphatic heterocycles. The fourth-order valence-corrected chi connectivity index (χ4v) is 3.87. The number of hydrogen-bond donors (Lipinski definition) is 2. The van der Waals surface area contributed by atoms with Crippen LogP contribution in [0.3, 0.4) is 0 Å². The first-order valence-electron chi connectivity index (χ1n) is 7.73. The van der Waals surface area contributed by atoms with Crippen molar-refractivity contribution in [1.29, 1.82) is 0 Å². The van der Waals surface area contributed by atoms with Crippen molar-refractivity contribution in [2.24, 2.45) is 5.92 Å². The molecule has 2 unspecified atom stereocenters. The van der Waals surface area contributed by atoms with Crippen LogP contribution in [0.4, 0.5) is 5.69 Å². The standard InChI is InChI=1S/C16H22BrN3O2/c1-19-4-6-20(7-5-19)15-3-2-11(8-13(15)17)14-9-12(10-18-14)16(21)22/h2-3,8,12,14,18H,4-7,9-10H2,1H3,(H,21,22). The van der Waals surface area contributed by atoms with Gasteiger partial charge in [0.05, 0.1) is 11.6 Å². The summed E-state index contributed by atoms with van der Waals surface area (Å²) in [4.78, 5) is 15.8. The van der Waals surface area contributed by atoms with Crippen molar-refractivity contribution in [3.63, 3.8) is 0 Å². The van der Waals surface area contributed by atoms with Gasteiger partial charge in [0.2, 0.25) is 0 Å². The minimum atomic E-state index is -0.705. The molecule has 0 aliphatic carbocycles. The van der Waals surface area contributed by atoms with Gasteiger partial charge < -0.3 is 20.2 Å². The summed E-state index contributed by atoms with van der Waals surface area (Å²) >= 11 is 3.69. The Morgan fingerprint density at radius 1 is 1.32 bits per heavy atom. The molecule has 2 fully saturated rings. The van der Waals surface area contributed by atoms with Gasteiger partial charge in [-0.2, -0.15) is 0 Å². The first-order valence-corrected chi connectivity index (χ1v) is 8.53. The third-order valence-electron chi connectivity index (χ3n) is 4.70. The summed E-state index contributed by atoms with van der Waals surface area (Å²) in [5.41, 5.74) is 2.39. The Bertz CT molecular complexity index is 558. The molecule has 1 aromatic rings. The summed E-state index contributed by atoms with van der Waals surface area (Å²) in [5, 5.41) is 12.4. The van der Waals surface area contributed by atoms with Crippen LogP contribution < -0.4 is 10.2 Å². The molecule has 2 aliphatic rings. The number of carboxylic acids is 1. The SMILES string of the molecule is CN1CCN(c2ccc(C3CC(C(=O)O)CN3)cc2Br)CC1. The number of likely N-dealkylation sites (N-methyl/N-ethyl adjacent to an activating group) is 1. The van der Waals surface area contributed by atoms with Gasteiger partial charge in [0.15, 0.2) is 0 Å². The second-order valence-electron chi connectivity index (χ2n) is 6.23. The van der Waals surface area contributed by atoms with E-state index in [1.165, 1.54) is 5.69 Å². The summed E-state index contributed by atoms with van der Waals surface area (Å²) in [6.45, 7) is 4.80. The van der Waals surface area contributed by atoms with Crippen molar-refractivity contribution in [1.82, 2.24) is 10.2 Å². The van der Waals surface area contributed by atoms with Crippen LogP contribution in [0, 0.1) is 5.92 Å². The zero-order valence-electron chi connectivity index (χ0n) is 12.8. The zero-order valence-corrected chi connectivity index (χ0v) is 14.3. The van der Waals surface area contributed by atoms with Gasteiger partial charge in [-0.25, -0.2) is 0 Å². The van der Waals surface area contributed by atoms with Crippen molar-refractivity contribution < 1.29 is 9.90 Å². The molecule has 1 aromatic carbocycles. The average molecular weight is 368 g/mol. The fourth-order valence-electron chi connectivity index (χ4n) is 3.22. The number of carbonyl (C=O) groups is 1. The highest BCUT2D eigenvalue weighted by molar-refractivity contribution is 9.10. The van der Waals surface area contributed by atoms with Gasteiger partial charge >= 0.3 is 5.97 Å². The number of rotatable bonds is 3. The summed E-state index contributed by atoms with van der Waals surface area (Å²) in [7, 11) is 2.15. The van der Waals surface area contributed by atoms with E-state index in [9.17, 15) is 4.79 Å². The van der Waals surface area contributed by atoms with Gasteiger partial charge in [0, 0.05) is 43.2 Å². The van der Waals surface area contributed by atoms with Gasteiger partial charge in [-0.1, -0.05) is 6.07 Å². The van der Waals surface area contributed by atoms with Crippen molar-refractivity contribution >= 4 is 27.6 Å².